The number of nitrogens with one attached hydrogen (secondary N) is 1. The molecule has 0 atom stereocenters. The van der Waals surface area contributed by atoms with Crippen molar-refractivity contribution in [3.63, 3.8) is 0 Å². The first-order valence-electron chi connectivity index (χ1n) is 7.52. The molecule has 1 fully saturated rings. The summed E-state index contributed by atoms with van der Waals surface area (Å²) in [7, 11) is 0. The molecule has 0 spiro atoms. The third-order valence-electron chi connectivity index (χ3n) is 4.04. The van der Waals surface area contributed by atoms with Crippen LogP contribution in [-0.4, -0.2) is 36.0 Å². The van der Waals surface area contributed by atoms with Gasteiger partial charge in [0.1, 0.15) is 5.82 Å². The van der Waals surface area contributed by atoms with E-state index in [2.05, 4.69) is 16.3 Å². The second kappa shape index (κ2) is 5.42. The molecule has 0 radical (unpaired) electrons. The van der Waals surface area contributed by atoms with Gasteiger partial charge in [-0.05, 0) is 30.3 Å². The molecule has 0 aliphatic carbocycles. The first kappa shape index (κ1) is 13.3. The highest BCUT2D eigenvalue weighted by atomic mass is 19.1. The molecule has 0 amide bonds. The zero-order valence-electron chi connectivity index (χ0n) is 12.2. The van der Waals surface area contributed by atoms with Crippen LogP contribution < -0.4 is 10.2 Å². The van der Waals surface area contributed by atoms with Crippen LogP contribution in [0.3, 0.4) is 0 Å². The number of benzene rings is 2. The Hall–Kier alpha value is -2.40. The van der Waals surface area contributed by atoms with Crippen LogP contribution in [0, 0.1) is 5.82 Å². The SMILES string of the molecule is Fc1cccc(-n2nc(N3CCNCC3)c3ccccc32)c1. The van der Waals surface area contributed by atoms with Crippen molar-refractivity contribution in [2.24, 2.45) is 0 Å². The Bertz CT molecular complexity index is 805. The van der Waals surface area contributed by atoms with Crippen LogP contribution in [0.5, 0.6) is 0 Å². The molecule has 2 heterocycles. The molecule has 1 N–H and O–H groups in total. The van der Waals surface area contributed by atoms with Gasteiger partial charge in [-0.1, -0.05) is 18.2 Å². The Labute approximate surface area is 128 Å². The number of hydrogen-bond acceptors (Lipinski definition) is 3. The topological polar surface area (TPSA) is 33.1 Å². The second-order valence-electron chi connectivity index (χ2n) is 5.47. The van der Waals surface area contributed by atoms with Crippen LogP contribution in [0.2, 0.25) is 0 Å². The van der Waals surface area contributed by atoms with Crippen molar-refractivity contribution in [3.05, 3.63) is 54.3 Å². The van der Waals surface area contributed by atoms with Crippen LogP contribution in [0.15, 0.2) is 48.5 Å². The molecule has 1 aromatic heterocycles. The van der Waals surface area contributed by atoms with Gasteiger partial charge >= 0.3 is 0 Å². The molecule has 2 aromatic carbocycles. The molecular formula is C17H17FN4. The fraction of sp³-hybridized carbons (Fsp3) is 0.235. The number of rotatable bonds is 2. The lowest BCUT2D eigenvalue weighted by Gasteiger charge is -2.27. The van der Waals surface area contributed by atoms with E-state index in [4.69, 9.17) is 5.10 Å². The van der Waals surface area contributed by atoms with E-state index in [0.29, 0.717) is 0 Å². The van der Waals surface area contributed by atoms with Gasteiger partial charge in [0.15, 0.2) is 5.82 Å². The Morgan fingerprint density at radius 3 is 2.64 bits per heavy atom. The van der Waals surface area contributed by atoms with E-state index in [0.717, 1.165) is 48.6 Å². The van der Waals surface area contributed by atoms with Crippen LogP contribution >= 0.6 is 0 Å². The lowest BCUT2D eigenvalue weighted by Crippen LogP contribution is -2.43. The quantitative estimate of drug-likeness (QED) is 0.789. The molecule has 1 aliphatic heterocycles. The Morgan fingerprint density at radius 2 is 1.82 bits per heavy atom. The zero-order chi connectivity index (χ0) is 14.9. The number of aromatic nitrogens is 2. The van der Waals surface area contributed by atoms with Crippen LogP contribution in [0.1, 0.15) is 0 Å². The molecular weight excluding hydrogens is 279 g/mol. The number of hydrogen-bond donors (Lipinski definition) is 1. The first-order valence-corrected chi connectivity index (χ1v) is 7.52. The fourth-order valence-corrected chi connectivity index (χ4v) is 2.96. The van der Waals surface area contributed by atoms with Crippen molar-refractivity contribution >= 4 is 16.7 Å². The van der Waals surface area contributed by atoms with E-state index < -0.39 is 0 Å². The van der Waals surface area contributed by atoms with Gasteiger partial charge in [0.2, 0.25) is 0 Å². The summed E-state index contributed by atoms with van der Waals surface area (Å²) in [6.45, 7) is 3.79. The molecule has 1 saturated heterocycles. The molecule has 0 bridgehead atoms. The Morgan fingerprint density at radius 1 is 1.00 bits per heavy atom. The smallest absolute Gasteiger partial charge is 0.159 e. The monoisotopic (exact) mass is 296 g/mol. The molecule has 5 heteroatoms. The highest BCUT2D eigenvalue weighted by Crippen LogP contribution is 2.28. The van der Waals surface area contributed by atoms with E-state index in [1.165, 1.54) is 12.1 Å². The van der Waals surface area contributed by atoms with Crippen molar-refractivity contribution in [3.8, 4) is 5.69 Å². The van der Waals surface area contributed by atoms with Crippen molar-refractivity contribution < 1.29 is 4.39 Å². The van der Waals surface area contributed by atoms with E-state index in [1.54, 1.807) is 6.07 Å². The molecule has 4 nitrogen and oxygen atoms in total. The van der Waals surface area contributed by atoms with Crippen molar-refractivity contribution in [1.29, 1.82) is 0 Å². The highest BCUT2D eigenvalue weighted by Gasteiger charge is 2.18. The zero-order valence-corrected chi connectivity index (χ0v) is 12.2. The van der Waals surface area contributed by atoms with Gasteiger partial charge in [-0.15, -0.1) is 5.10 Å². The number of nitrogens with zero attached hydrogens (tertiary/aromatic N) is 3. The van der Waals surface area contributed by atoms with Gasteiger partial charge in [0, 0.05) is 31.6 Å². The molecule has 0 unspecified atom stereocenters. The number of anilines is 1. The van der Waals surface area contributed by atoms with Crippen LogP contribution in [-0.2, 0) is 0 Å². The predicted octanol–water partition coefficient (Wildman–Crippen LogP) is 2.57. The van der Waals surface area contributed by atoms with Crippen LogP contribution in [0.25, 0.3) is 16.6 Å². The van der Waals surface area contributed by atoms with Gasteiger partial charge in [-0.3, -0.25) is 0 Å². The maximum Gasteiger partial charge on any atom is 0.159 e. The molecule has 3 aromatic rings. The van der Waals surface area contributed by atoms with Gasteiger partial charge < -0.3 is 10.2 Å². The molecule has 4 rings (SSSR count). The third kappa shape index (κ3) is 2.23. The summed E-state index contributed by atoms with van der Waals surface area (Å²) < 4.78 is 15.4. The predicted molar refractivity (Wildman–Crippen MR) is 86.1 cm³/mol. The maximum absolute atomic E-state index is 13.6. The molecule has 1 aliphatic rings. The Kier molecular flexibility index (Phi) is 3.27. The summed E-state index contributed by atoms with van der Waals surface area (Å²) in [5, 5.41) is 9.23. The minimum absolute atomic E-state index is 0.249. The number of piperazine rings is 1. The summed E-state index contributed by atoms with van der Waals surface area (Å²) in [5.41, 5.74) is 1.75. The van der Waals surface area contributed by atoms with Gasteiger partial charge in [-0.2, -0.15) is 0 Å². The molecule has 22 heavy (non-hydrogen) atoms. The van der Waals surface area contributed by atoms with Gasteiger partial charge in [0.25, 0.3) is 0 Å². The average Bonchev–Trinajstić information content (AvgIpc) is 2.95. The molecule has 112 valence electrons. The normalized spacial score (nSPS) is 15.4. The highest BCUT2D eigenvalue weighted by molar-refractivity contribution is 5.91. The van der Waals surface area contributed by atoms with E-state index in [9.17, 15) is 4.39 Å². The summed E-state index contributed by atoms with van der Waals surface area (Å²) in [6.07, 6.45) is 0. The molecule has 0 saturated carbocycles. The standard InChI is InChI=1S/C17H17FN4/c18-13-4-3-5-14(12-13)22-16-7-2-1-6-15(16)17(20-22)21-10-8-19-9-11-21/h1-7,12,19H,8-11H2. The van der Waals surface area contributed by atoms with E-state index >= 15 is 0 Å². The number of para-hydroxylation sites is 1. The van der Waals surface area contributed by atoms with E-state index in [1.807, 2.05) is 28.9 Å². The third-order valence-corrected chi connectivity index (χ3v) is 4.04. The van der Waals surface area contributed by atoms with Gasteiger partial charge in [-0.25, -0.2) is 9.07 Å². The lowest BCUT2D eigenvalue weighted by molar-refractivity contribution is 0.584. The van der Waals surface area contributed by atoms with Crippen molar-refractivity contribution in [2.75, 3.05) is 31.1 Å². The maximum atomic E-state index is 13.6. The number of halogens is 1. The average molecular weight is 296 g/mol. The summed E-state index contributed by atoms with van der Waals surface area (Å²) in [4.78, 5) is 2.29. The fourth-order valence-electron chi connectivity index (χ4n) is 2.96. The van der Waals surface area contributed by atoms with Crippen molar-refractivity contribution in [2.45, 2.75) is 0 Å². The second-order valence-corrected chi connectivity index (χ2v) is 5.47. The summed E-state index contributed by atoms with van der Waals surface area (Å²) >= 11 is 0. The number of fused-ring (bicyclic) bond motifs is 1. The Balaban J connectivity index is 1.88. The van der Waals surface area contributed by atoms with Crippen LogP contribution in [0.4, 0.5) is 10.2 Å². The summed E-state index contributed by atoms with van der Waals surface area (Å²) in [6, 6.07) is 14.7. The lowest BCUT2D eigenvalue weighted by atomic mass is 10.2. The van der Waals surface area contributed by atoms with Crippen molar-refractivity contribution in [1.82, 2.24) is 15.1 Å². The summed E-state index contributed by atoms with van der Waals surface area (Å²) in [5.74, 6) is 0.724. The van der Waals surface area contributed by atoms with E-state index in [-0.39, 0.29) is 5.82 Å². The van der Waals surface area contributed by atoms with Gasteiger partial charge in [0.05, 0.1) is 11.2 Å². The minimum Gasteiger partial charge on any atom is -0.352 e. The first-order chi connectivity index (χ1) is 10.8. The minimum atomic E-state index is -0.249. The largest absolute Gasteiger partial charge is 0.352 e.